The minimum Gasteiger partial charge on any atom is -0.396 e. The second kappa shape index (κ2) is 4.35. The number of anilines is 1. The first kappa shape index (κ1) is 11.9. The van der Waals surface area contributed by atoms with Crippen molar-refractivity contribution in [1.82, 2.24) is 5.32 Å². The lowest BCUT2D eigenvalue weighted by molar-refractivity contribution is 0.0891. The Morgan fingerprint density at radius 3 is 2.76 bits per heavy atom. The molecule has 0 aromatic heterocycles. The molecule has 1 saturated carbocycles. The van der Waals surface area contributed by atoms with Gasteiger partial charge in [0.1, 0.15) is 5.82 Å². The second-order valence-corrected chi connectivity index (χ2v) is 5.08. The molecule has 1 aliphatic carbocycles. The van der Waals surface area contributed by atoms with E-state index in [1.807, 2.05) is 0 Å². The number of nitrogens with two attached hydrogens (primary N) is 1. The Labute approximate surface area is 100 Å². The number of nitrogens with one attached hydrogen (secondary N) is 1. The van der Waals surface area contributed by atoms with E-state index in [4.69, 9.17) is 5.73 Å². The lowest BCUT2D eigenvalue weighted by Gasteiger charge is -2.38. The maximum absolute atomic E-state index is 12.9. The van der Waals surface area contributed by atoms with E-state index in [1.54, 1.807) is 0 Å². The maximum Gasteiger partial charge on any atom is 0.251 e. The summed E-state index contributed by atoms with van der Waals surface area (Å²) >= 11 is 0. The first-order valence-electron chi connectivity index (χ1n) is 5.83. The Hall–Kier alpha value is -1.58. The molecule has 0 bridgehead atoms. The number of rotatable bonds is 3. The van der Waals surface area contributed by atoms with E-state index in [1.165, 1.54) is 24.6 Å². The SMILES string of the molecule is CC1(CNC(=O)c2ccc(F)c(N)c2)CCC1. The molecule has 1 aromatic carbocycles. The second-order valence-electron chi connectivity index (χ2n) is 5.08. The van der Waals surface area contributed by atoms with Gasteiger partial charge in [-0.05, 0) is 36.5 Å². The Bertz CT molecular complexity index is 441. The van der Waals surface area contributed by atoms with Gasteiger partial charge in [0, 0.05) is 12.1 Å². The average Bonchev–Trinajstić information content (AvgIpc) is 2.27. The highest BCUT2D eigenvalue weighted by Crippen LogP contribution is 2.39. The summed E-state index contributed by atoms with van der Waals surface area (Å²) in [7, 11) is 0. The molecule has 1 fully saturated rings. The van der Waals surface area contributed by atoms with Crippen LogP contribution in [0.15, 0.2) is 18.2 Å². The summed E-state index contributed by atoms with van der Waals surface area (Å²) in [6.45, 7) is 2.83. The summed E-state index contributed by atoms with van der Waals surface area (Å²) in [6.07, 6.45) is 3.54. The average molecular weight is 236 g/mol. The molecule has 1 aliphatic rings. The van der Waals surface area contributed by atoms with Crippen molar-refractivity contribution >= 4 is 11.6 Å². The van der Waals surface area contributed by atoms with Gasteiger partial charge in [-0.1, -0.05) is 13.3 Å². The topological polar surface area (TPSA) is 55.1 Å². The van der Waals surface area contributed by atoms with Gasteiger partial charge in [0.2, 0.25) is 0 Å². The molecule has 0 saturated heterocycles. The molecule has 1 amide bonds. The Morgan fingerprint density at radius 2 is 2.24 bits per heavy atom. The summed E-state index contributed by atoms with van der Waals surface area (Å²) in [6, 6.07) is 4.03. The fraction of sp³-hybridized carbons (Fsp3) is 0.462. The summed E-state index contributed by atoms with van der Waals surface area (Å²) in [5.74, 6) is -0.683. The normalized spacial score (nSPS) is 17.3. The fourth-order valence-electron chi connectivity index (χ4n) is 2.04. The highest BCUT2D eigenvalue weighted by Gasteiger charge is 2.31. The van der Waals surface area contributed by atoms with Gasteiger partial charge in [-0.3, -0.25) is 4.79 Å². The van der Waals surface area contributed by atoms with Crippen LogP contribution in [-0.4, -0.2) is 12.5 Å². The molecular formula is C13H17FN2O. The zero-order valence-electron chi connectivity index (χ0n) is 9.92. The summed E-state index contributed by atoms with van der Waals surface area (Å²) < 4.78 is 12.9. The standard InChI is InChI=1S/C13H17FN2O/c1-13(5-2-6-13)8-16-12(17)9-3-4-10(14)11(15)7-9/h3-4,7H,2,5-6,8,15H2,1H3,(H,16,17). The zero-order valence-corrected chi connectivity index (χ0v) is 9.92. The van der Waals surface area contributed by atoms with Crippen molar-refractivity contribution in [3.05, 3.63) is 29.6 Å². The molecule has 4 heteroatoms. The van der Waals surface area contributed by atoms with Crippen molar-refractivity contribution in [2.24, 2.45) is 5.41 Å². The highest BCUT2D eigenvalue weighted by atomic mass is 19.1. The van der Waals surface area contributed by atoms with Crippen LogP contribution in [0.2, 0.25) is 0 Å². The first-order valence-corrected chi connectivity index (χ1v) is 5.83. The molecule has 3 N–H and O–H groups in total. The lowest BCUT2D eigenvalue weighted by atomic mass is 9.70. The van der Waals surface area contributed by atoms with Gasteiger partial charge in [-0.15, -0.1) is 0 Å². The largest absolute Gasteiger partial charge is 0.396 e. The molecule has 92 valence electrons. The van der Waals surface area contributed by atoms with Crippen molar-refractivity contribution in [2.45, 2.75) is 26.2 Å². The molecule has 0 heterocycles. The van der Waals surface area contributed by atoms with E-state index < -0.39 is 5.82 Å². The zero-order chi connectivity index (χ0) is 12.5. The third-order valence-electron chi connectivity index (χ3n) is 3.49. The molecular weight excluding hydrogens is 219 g/mol. The number of benzene rings is 1. The summed E-state index contributed by atoms with van der Waals surface area (Å²) in [5.41, 5.74) is 6.08. The van der Waals surface area contributed by atoms with Gasteiger partial charge >= 0.3 is 0 Å². The van der Waals surface area contributed by atoms with E-state index in [9.17, 15) is 9.18 Å². The summed E-state index contributed by atoms with van der Waals surface area (Å²) in [5, 5.41) is 2.87. The van der Waals surface area contributed by atoms with Crippen molar-refractivity contribution < 1.29 is 9.18 Å². The quantitative estimate of drug-likeness (QED) is 0.791. The predicted molar refractivity (Wildman–Crippen MR) is 65.1 cm³/mol. The van der Waals surface area contributed by atoms with Crippen LogP contribution in [0, 0.1) is 11.2 Å². The fourth-order valence-corrected chi connectivity index (χ4v) is 2.04. The molecule has 0 spiro atoms. The van der Waals surface area contributed by atoms with Gasteiger partial charge < -0.3 is 11.1 Å². The van der Waals surface area contributed by atoms with Crippen LogP contribution in [0.3, 0.4) is 0 Å². The minimum absolute atomic E-state index is 0.00695. The molecule has 1 aromatic rings. The Balaban J connectivity index is 1.97. The minimum atomic E-state index is -0.493. The van der Waals surface area contributed by atoms with Crippen LogP contribution < -0.4 is 11.1 Å². The van der Waals surface area contributed by atoms with Crippen LogP contribution in [-0.2, 0) is 0 Å². The van der Waals surface area contributed by atoms with Crippen LogP contribution in [0.4, 0.5) is 10.1 Å². The van der Waals surface area contributed by atoms with E-state index in [-0.39, 0.29) is 17.0 Å². The molecule has 0 aliphatic heterocycles. The van der Waals surface area contributed by atoms with Gasteiger partial charge in [-0.25, -0.2) is 4.39 Å². The third kappa shape index (κ3) is 2.57. The van der Waals surface area contributed by atoms with Gasteiger partial charge in [-0.2, -0.15) is 0 Å². The van der Waals surface area contributed by atoms with Gasteiger partial charge in [0.05, 0.1) is 5.69 Å². The van der Waals surface area contributed by atoms with Crippen molar-refractivity contribution in [3.8, 4) is 0 Å². The molecule has 0 radical (unpaired) electrons. The van der Waals surface area contributed by atoms with E-state index >= 15 is 0 Å². The maximum atomic E-state index is 12.9. The lowest BCUT2D eigenvalue weighted by Crippen LogP contribution is -2.39. The number of hydrogen-bond acceptors (Lipinski definition) is 2. The van der Waals surface area contributed by atoms with E-state index in [2.05, 4.69) is 12.2 Å². The van der Waals surface area contributed by atoms with Crippen molar-refractivity contribution in [3.63, 3.8) is 0 Å². The van der Waals surface area contributed by atoms with Crippen molar-refractivity contribution in [2.75, 3.05) is 12.3 Å². The van der Waals surface area contributed by atoms with Crippen molar-refractivity contribution in [1.29, 1.82) is 0 Å². The number of halogens is 1. The van der Waals surface area contributed by atoms with Gasteiger partial charge in [0.25, 0.3) is 5.91 Å². The highest BCUT2D eigenvalue weighted by molar-refractivity contribution is 5.95. The van der Waals surface area contributed by atoms with Crippen LogP contribution >= 0.6 is 0 Å². The number of carbonyl (C=O) groups excluding carboxylic acids is 1. The number of hydrogen-bond donors (Lipinski definition) is 2. The van der Waals surface area contributed by atoms with E-state index in [0.717, 1.165) is 12.8 Å². The molecule has 2 rings (SSSR count). The first-order chi connectivity index (χ1) is 8.00. The summed E-state index contributed by atoms with van der Waals surface area (Å²) in [4.78, 5) is 11.8. The molecule has 0 atom stereocenters. The number of amides is 1. The van der Waals surface area contributed by atoms with Crippen LogP contribution in [0.1, 0.15) is 36.5 Å². The predicted octanol–water partition coefficient (Wildman–Crippen LogP) is 2.33. The number of carbonyl (C=O) groups is 1. The Kier molecular flexibility index (Phi) is 3.05. The van der Waals surface area contributed by atoms with E-state index in [0.29, 0.717) is 12.1 Å². The van der Waals surface area contributed by atoms with Crippen LogP contribution in [0.25, 0.3) is 0 Å². The van der Waals surface area contributed by atoms with Gasteiger partial charge in [0.15, 0.2) is 0 Å². The monoisotopic (exact) mass is 236 g/mol. The molecule has 3 nitrogen and oxygen atoms in total. The smallest absolute Gasteiger partial charge is 0.251 e. The Morgan fingerprint density at radius 1 is 1.53 bits per heavy atom. The van der Waals surface area contributed by atoms with Crippen LogP contribution in [0.5, 0.6) is 0 Å². The number of nitrogen functional groups attached to an aromatic ring is 1. The molecule has 0 unspecified atom stereocenters. The molecule has 17 heavy (non-hydrogen) atoms. The third-order valence-corrected chi connectivity index (χ3v) is 3.49.